The standard InChI is InChI=1S/C6H7NO8S/c8-4(9)6-2-14-1-3(6)15-16(12,13)7(6)5(10)11/h3H,1-2H2,(H,8,9)(H,10,11)/t3-,6+/m1/s1. The summed E-state index contributed by atoms with van der Waals surface area (Å²) in [5.74, 6) is -1.61. The van der Waals surface area contributed by atoms with Crippen molar-refractivity contribution in [3.63, 3.8) is 0 Å². The minimum Gasteiger partial charge on any atom is -0.479 e. The number of amides is 1. The predicted molar refractivity (Wildman–Crippen MR) is 44.8 cm³/mol. The quantitative estimate of drug-likeness (QED) is 0.575. The number of ether oxygens (including phenoxy) is 1. The smallest absolute Gasteiger partial charge is 0.424 e. The summed E-state index contributed by atoms with van der Waals surface area (Å²) in [5, 5.41) is 17.8. The van der Waals surface area contributed by atoms with E-state index in [0.717, 1.165) is 0 Å². The lowest BCUT2D eigenvalue weighted by Crippen LogP contribution is -2.59. The molecule has 0 aromatic carbocycles. The highest BCUT2D eigenvalue weighted by molar-refractivity contribution is 7.85. The highest BCUT2D eigenvalue weighted by atomic mass is 32.2. The maximum atomic E-state index is 11.3. The SMILES string of the molecule is O=C(O)N1[C@@]2(C(=O)O)COC[C@H]2OS1(=O)=O. The lowest BCUT2D eigenvalue weighted by molar-refractivity contribution is -0.148. The van der Waals surface area contributed by atoms with Crippen molar-refractivity contribution in [2.45, 2.75) is 11.6 Å². The van der Waals surface area contributed by atoms with Crippen molar-refractivity contribution in [3.05, 3.63) is 0 Å². The predicted octanol–water partition coefficient (Wildman–Crippen LogP) is -1.54. The van der Waals surface area contributed by atoms with Gasteiger partial charge in [-0.15, -0.1) is 0 Å². The Morgan fingerprint density at radius 2 is 2.00 bits per heavy atom. The molecule has 0 bridgehead atoms. The molecular weight excluding hydrogens is 246 g/mol. The summed E-state index contributed by atoms with van der Waals surface area (Å²) in [4.78, 5) is 21.9. The Bertz CT molecular complexity index is 457. The van der Waals surface area contributed by atoms with Gasteiger partial charge in [0, 0.05) is 0 Å². The normalized spacial score (nSPS) is 36.0. The molecule has 2 aliphatic heterocycles. The van der Waals surface area contributed by atoms with Crippen LogP contribution >= 0.6 is 0 Å². The number of carbonyl (C=O) groups is 2. The zero-order chi connectivity index (χ0) is 12.1. The highest BCUT2D eigenvalue weighted by Crippen LogP contribution is 2.39. The van der Waals surface area contributed by atoms with E-state index in [4.69, 9.17) is 14.9 Å². The van der Waals surface area contributed by atoms with E-state index in [1.807, 2.05) is 0 Å². The van der Waals surface area contributed by atoms with Gasteiger partial charge >= 0.3 is 22.4 Å². The van der Waals surface area contributed by atoms with Crippen molar-refractivity contribution in [1.29, 1.82) is 0 Å². The second-order valence-corrected chi connectivity index (χ2v) is 4.75. The van der Waals surface area contributed by atoms with Crippen LogP contribution in [0.3, 0.4) is 0 Å². The molecule has 2 saturated heterocycles. The van der Waals surface area contributed by atoms with Crippen molar-refractivity contribution in [1.82, 2.24) is 4.31 Å². The molecule has 2 N–H and O–H groups in total. The average molecular weight is 253 g/mol. The summed E-state index contributed by atoms with van der Waals surface area (Å²) >= 11 is 0. The van der Waals surface area contributed by atoms with E-state index in [-0.39, 0.29) is 10.9 Å². The van der Waals surface area contributed by atoms with Crippen molar-refractivity contribution in [2.24, 2.45) is 0 Å². The van der Waals surface area contributed by atoms with Gasteiger partial charge in [0.1, 0.15) is 6.10 Å². The summed E-state index contributed by atoms with van der Waals surface area (Å²) in [6.07, 6.45) is -3.25. The molecule has 0 aliphatic carbocycles. The van der Waals surface area contributed by atoms with Crippen molar-refractivity contribution in [2.75, 3.05) is 13.2 Å². The average Bonchev–Trinajstić information content (AvgIpc) is 2.55. The topological polar surface area (TPSA) is 130 Å². The van der Waals surface area contributed by atoms with E-state index in [9.17, 15) is 18.0 Å². The Labute approximate surface area is 89.4 Å². The Kier molecular flexibility index (Phi) is 2.12. The fourth-order valence-corrected chi connectivity index (χ4v) is 3.22. The van der Waals surface area contributed by atoms with Crippen LogP contribution in [-0.4, -0.2) is 59.9 Å². The molecule has 2 rings (SSSR count). The number of nitrogens with zero attached hydrogens (tertiary/aromatic N) is 1. The van der Waals surface area contributed by atoms with Crippen LogP contribution in [0.1, 0.15) is 0 Å². The number of carboxylic acids is 1. The van der Waals surface area contributed by atoms with E-state index in [2.05, 4.69) is 4.18 Å². The molecule has 16 heavy (non-hydrogen) atoms. The molecule has 2 fully saturated rings. The van der Waals surface area contributed by atoms with Crippen LogP contribution in [0.2, 0.25) is 0 Å². The van der Waals surface area contributed by atoms with Crippen molar-refractivity contribution in [3.8, 4) is 0 Å². The van der Waals surface area contributed by atoms with Gasteiger partial charge in [-0.3, -0.25) is 0 Å². The molecule has 2 atom stereocenters. The molecule has 0 unspecified atom stereocenters. The summed E-state index contributed by atoms with van der Waals surface area (Å²) in [5.41, 5.74) is -2.20. The molecular formula is C6H7NO8S. The van der Waals surface area contributed by atoms with E-state index in [1.165, 1.54) is 0 Å². The fraction of sp³-hybridized carbons (Fsp3) is 0.667. The van der Waals surface area contributed by atoms with Gasteiger partial charge in [-0.25, -0.2) is 13.8 Å². The van der Waals surface area contributed by atoms with Gasteiger partial charge in [-0.2, -0.15) is 12.7 Å². The number of rotatable bonds is 1. The van der Waals surface area contributed by atoms with Crippen LogP contribution in [0.15, 0.2) is 0 Å². The lowest BCUT2D eigenvalue weighted by atomic mass is 9.96. The molecule has 0 aromatic heterocycles. The third-order valence-electron chi connectivity index (χ3n) is 2.49. The molecule has 0 spiro atoms. The van der Waals surface area contributed by atoms with Crippen LogP contribution in [-0.2, 0) is 24.0 Å². The maximum Gasteiger partial charge on any atom is 0.424 e. The molecule has 2 heterocycles. The minimum absolute atomic E-state index is 0.194. The highest BCUT2D eigenvalue weighted by Gasteiger charge is 2.68. The molecule has 90 valence electrons. The Morgan fingerprint density at radius 1 is 1.38 bits per heavy atom. The largest absolute Gasteiger partial charge is 0.479 e. The number of hydrogen-bond acceptors (Lipinski definition) is 6. The van der Waals surface area contributed by atoms with Gasteiger partial charge in [0.25, 0.3) is 0 Å². The second-order valence-electron chi connectivity index (χ2n) is 3.33. The van der Waals surface area contributed by atoms with E-state index < -0.39 is 40.6 Å². The summed E-state index contributed by atoms with van der Waals surface area (Å²) in [7, 11) is -4.58. The third kappa shape index (κ3) is 1.14. The summed E-state index contributed by atoms with van der Waals surface area (Å²) in [6.45, 7) is -0.839. The Balaban J connectivity index is 2.60. The van der Waals surface area contributed by atoms with Crippen LogP contribution < -0.4 is 0 Å². The molecule has 9 nitrogen and oxygen atoms in total. The number of hydrogen-bond donors (Lipinski definition) is 2. The molecule has 10 heteroatoms. The fourth-order valence-electron chi connectivity index (χ4n) is 1.79. The van der Waals surface area contributed by atoms with Gasteiger partial charge in [0.15, 0.2) is 0 Å². The second kappa shape index (κ2) is 3.06. The first kappa shape index (κ1) is 11.1. The van der Waals surface area contributed by atoms with Crippen LogP contribution in [0.5, 0.6) is 0 Å². The van der Waals surface area contributed by atoms with E-state index >= 15 is 0 Å². The molecule has 0 aromatic rings. The van der Waals surface area contributed by atoms with Crippen LogP contribution in [0.4, 0.5) is 4.79 Å². The zero-order valence-electron chi connectivity index (χ0n) is 7.69. The van der Waals surface area contributed by atoms with Crippen molar-refractivity contribution >= 4 is 22.4 Å². The van der Waals surface area contributed by atoms with E-state index in [1.54, 1.807) is 0 Å². The summed E-state index contributed by atoms with van der Waals surface area (Å²) in [6, 6.07) is 0. The monoisotopic (exact) mass is 253 g/mol. The number of aliphatic carboxylic acids is 1. The first-order valence-corrected chi connectivity index (χ1v) is 5.46. The Hall–Kier alpha value is -1.39. The number of fused-ring (bicyclic) bond motifs is 1. The van der Waals surface area contributed by atoms with Gasteiger partial charge in [-0.1, -0.05) is 0 Å². The third-order valence-corrected chi connectivity index (χ3v) is 3.90. The Morgan fingerprint density at radius 3 is 2.50 bits per heavy atom. The maximum absolute atomic E-state index is 11.3. The van der Waals surface area contributed by atoms with Gasteiger partial charge in [0.05, 0.1) is 13.2 Å². The van der Waals surface area contributed by atoms with Gasteiger partial charge < -0.3 is 14.9 Å². The minimum atomic E-state index is -4.58. The molecule has 2 aliphatic rings. The lowest BCUT2D eigenvalue weighted by Gasteiger charge is -2.25. The van der Waals surface area contributed by atoms with Crippen molar-refractivity contribution < 1.29 is 37.1 Å². The molecule has 0 radical (unpaired) electrons. The first-order valence-electron chi connectivity index (χ1n) is 4.10. The van der Waals surface area contributed by atoms with Gasteiger partial charge in [-0.05, 0) is 0 Å². The number of carboxylic acid groups (broad SMARTS) is 2. The van der Waals surface area contributed by atoms with Crippen LogP contribution in [0.25, 0.3) is 0 Å². The van der Waals surface area contributed by atoms with Gasteiger partial charge in [0.2, 0.25) is 5.54 Å². The molecule has 1 amide bonds. The molecule has 0 saturated carbocycles. The summed E-state index contributed by atoms with van der Waals surface area (Å²) < 4.78 is 31.7. The zero-order valence-corrected chi connectivity index (χ0v) is 8.51. The van der Waals surface area contributed by atoms with E-state index in [0.29, 0.717) is 0 Å². The van der Waals surface area contributed by atoms with Crippen LogP contribution in [0, 0.1) is 0 Å². The first-order chi connectivity index (χ1) is 7.32.